The van der Waals surface area contributed by atoms with E-state index in [1.807, 2.05) is 33.8 Å². The molecule has 0 spiro atoms. The molecule has 0 saturated heterocycles. The Hall–Kier alpha value is -1.69. The van der Waals surface area contributed by atoms with Gasteiger partial charge in [-0.2, -0.15) is 0 Å². The molecule has 0 saturated carbocycles. The maximum atomic E-state index is 11.8. The molecule has 0 aliphatic carbocycles. The van der Waals surface area contributed by atoms with Gasteiger partial charge in [0, 0.05) is 25.3 Å². The fraction of sp³-hybridized carbons (Fsp3) is 0.706. The Labute approximate surface area is 139 Å². The largest absolute Gasteiger partial charge is 0.444 e. The normalized spacial score (nSPS) is 13.0. The summed E-state index contributed by atoms with van der Waals surface area (Å²) in [5.41, 5.74) is 0.465. The summed E-state index contributed by atoms with van der Waals surface area (Å²) in [6.07, 6.45) is 2.33. The van der Waals surface area contributed by atoms with Crippen molar-refractivity contribution in [2.75, 3.05) is 6.54 Å². The summed E-state index contributed by atoms with van der Waals surface area (Å²) in [4.78, 5) is 20.3. The first kappa shape index (κ1) is 19.4. The third-order valence-corrected chi connectivity index (χ3v) is 3.05. The van der Waals surface area contributed by atoms with Gasteiger partial charge in [-0.1, -0.05) is 13.8 Å². The zero-order chi connectivity index (χ0) is 17.5. The van der Waals surface area contributed by atoms with E-state index in [-0.39, 0.29) is 12.1 Å². The third-order valence-electron chi connectivity index (χ3n) is 3.05. The second kappa shape index (κ2) is 8.82. The van der Waals surface area contributed by atoms with Gasteiger partial charge in [0.15, 0.2) is 0 Å². The quantitative estimate of drug-likeness (QED) is 0.807. The molecule has 0 radical (unpaired) electrons. The van der Waals surface area contributed by atoms with Crippen molar-refractivity contribution in [2.24, 2.45) is 5.92 Å². The van der Waals surface area contributed by atoms with Crippen LogP contribution in [0.1, 0.15) is 52.6 Å². The van der Waals surface area contributed by atoms with Gasteiger partial charge in [-0.15, -0.1) is 0 Å². The van der Waals surface area contributed by atoms with Crippen molar-refractivity contribution >= 4 is 6.09 Å². The fourth-order valence-corrected chi connectivity index (χ4v) is 2.18. The molecule has 6 heteroatoms. The van der Waals surface area contributed by atoms with Gasteiger partial charge in [-0.25, -0.2) is 14.8 Å². The molecular weight excluding hydrogens is 292 g/mol. The first-order chi connectivity index (χ1) is 10.7. The molecule has 1 amide bonds. The van der Waals surface area contributed by atoms with E-state index >= 15 is 0 Å². The van der Waals surface area contributed by atoms with E-state index in [9.17, 15) is 4.79 Å². The molecule has 0 aliphatic rings. The summed E-state index contributed by atoms with van der Waals surface area (Å²) >= 11 is 0. The monoisotopic (exact) mass is 322 g/mol. The van der Waals surface area contributed by atoms with Crippen molar-refractivity contribution in [3.8, 4) is 0 Å². The van der Waals surface area contributed by atoms with E-state index in [0.29, 0.717) is 19.0 Å². The molecule has 130 valence electrons. The number of carbonyl (C=O) groups excluding carboxylic acids is 1. The van der Waals surface area contributed by atoms with Crippen LogP contribution >= 0.6 is 0 Å². The van der Waals surface area contributed by atoms with Crippen LogP contribution in [0, 0.1) is 12.8 Å². The highest BCUT2D eigenvalue weighted by Gasteiger charge is 2.18. The zero-order valence-electron chi connectivity index (χ0n) is 15.1. The maximum absolute atomic E-state index is 11.8. The Morgan fingerprint density at radius 3 is 2.61 bits per heavy atom. The van der Waals surface area contributed by atoms with Crippen LogP contribution in [-0.2, 0) is 11.3 Å². The number of nitrogens with one attached hydrogen (secondary N) is 2. The van der Waals surface area contributed by atoms with Gasteiger partial charge in [0.25, 0.3) is 0 Å². The number of rotatable bonds is 7. The van der Waals surface area contributed by atoms with Gasteiger partial charge in [0.05, 0.1) is 5.69 Å². The highest BCUT2D eigenvalue weighted by Crippen LogP contribution is 2.08. The molecule has 0 fully saturated rings. The van der Waals surface area contributed by atoms with E-state index in [4.69, 9.17) is 4.74 Å². The molecule has 1 aromatic rings. The van der Waals surface area contributed by atoms with E-state index < -0.39 is 5.60 Å². The van der Waals surface area contributed by atoms with E-state index in [2.05, 4.69) is 34.4 Å². The number of aryl methyl sites for hydroxylation is 1. The lowest BCUT2D eigenvalue weighted by atomic mass is 10.0. The molecule has 2 N–H and O–H groups in total. The predicted molar refractivity (Wildman–Crippen MR) is 91.1 cm³/mol. The molecule has 1 unspecified atom stereocenters. The summed E-state index contributed by atoms with van der Waals surface area (Å²) in [6, 6.07) is 2.06. The topological polar surface area (TPSA) is 76.1 Å². The van der Waals surface area contributed by atoms with Crippen molar-refractivity contribution in [3.63, 3.8) is 0 Å². The van der Waals surface area contributed by atoms with Crippen LogP contribution in [0.3, 0.4) is 0 Å². The number of aromatic nitrogens is 2. The fourth-order valence-electron chi connectivity index (χ4n) is 2.18. The number of hydrogen-bond acceptors (Lipinski definition) is 5. The molecule has 1 atom stereocenters. The van der Waals surface area contributed by atoms with Crippen LogP contribution in [0.25, 0.3) is 0 Å². The molecule has 0 aliphatic heterocycles. The Morgan fingerprint density at radius 2 is 2.04 bits per heavy atom. The van der Waals surface area contributed by atoms with Crippen LogP contribution in [-0.4, -0.2) is 34.2 Å². The van der Waals surface area contributed by atoms with Crippen molar-refractivity contribution < 1.29 is 9.53 Å². The van der Waals surface area contributed by atoms with E-state index in [1.165, 1.54) is 0 Å². The Bertz CT molecular complexity index is 498. The van der Waals surface area contributed by atoms with Crippen LogP contribution in [0.4, 0.5) is 4.79 Å². The lowest BCUT2D eigenvalue weighted by Gasteiger charge is -2.23. The second-order valence-electron chi connectivity index (χ2n) is 7.19. The van der Waals surface area contributed by atoms with Crippen molar-refractivity contribution in [1.82, 2.24) is 20.6 Å². The molecule has 1 heterocycles. The lowest BCUT2D eigenvalue weighted by molar-refractivity contribution is 0.0521. The molecular formula is C17H30N4O2. The Balaban J connectivity index is 2.50. The van der Waals surface area contributed by atoms with Crippen molar-refractivity contribution in [2.45, 2.75) is 66.2 Å². The molecule has 0 aromatic carbocycles. The average molecular weight is 322 g/mol. The summed E-state index contributed by atoms with van der Waals surface area (Å²) in [5.74, 6) is 1.29. The van der Waals surface area contributed by atoms with Gasteiger partial charge in [-0.3, -0.25) is 0 Å². The van der Waals surface area contributed by atoms with Gasteiger partial charge in [0.2, 0.25) is 0 Å². The minimum Gasteiger partial charge on any atom is -0.444 e. The second-order valence-corrected chi connectivity index (χ2v) is 7.19. The number of nitrogens with zero attached hydrogens (tertiary/aromatic N) is 2. The van der Waals surface area contributed by atoms with Gasteiger partial charge < -0.3 is 15.4 Å². The van der Waals surface area contributed by atoms with Crippen LogP contribution in [0.5, 0.6) is 0 Å². The molecule has 1 rings (SSSR count). The summed E-state index contributed by atoms with van der Waals surface area (Å²) < 4.78 is 5.27. The number of carbonyl (C=O) groups is 1. The van der Waals surface area contributed by atoms with Gasteiger partial charge in [-0.05, 0) is 46.1 Å². The van der Waals surface area contributed by atoms with Gasteiger partial charge >= 0.3 is 6.09 Å². The minimum absolute atomic E-state index is 0.165. The number of hydrogen-bond donors (Lipinski definition) is 2. The van der Waals surface area contributed by atoms with Crippen LogP contribution in [0.2, 0.25) is 0 Å². The lowest BCUT2D eigenvalue weighted by Crippen LogP contribution is -2.43. The molecule has 1 aromatic heterocycles. The third kappa shape index (κ3) is 9.13. The van der Waals surface area contributed by atoms with Crippen molar-refractivity contribution in [1.29, 1.82) is 0 Å². The van der Waals surface area contributed by atoms with Gasteiger partial charge in [0.1, 0.15) is 11.4 Å². The minimum atomic E-state index is -0.483. The maximum Gasteiger partial charge on any atom is 0.407 e. The highest BCUT2D eigenvalue weighted by atomic mass is 16.6. The number of ether oxygens (including phenoxy) is 1. The van der Waals surface area contributed by atoms with E-state index in [0.717, 1.165) is 17.9 Å². The smallest absolute Gasteiger partial charge is 0.407 e. The first-order valence-electron chi connectivity index (χ1n) is 8.14. The summed E-state index contributed by atoms with van der Waals surface area (Å²) in [7, 11) is 0. The summed E-state index contributed by atoms with van der Waals surface area (Å²) in [6.45, 7) is 12.9. The standard InChI is InChI=1S/C17H30N4O2/c1-12(2)9-15(11-20-16(22)23-17(4,5)6)19-10-14-7-8-18-13(3)21-14/h7-8,12,15,19H,9-11H2,1-6H3,(H,20,22). The molecule has 6 nitrogen and oxygen atoms in total. The summed E-state index contributed by atoms with van der Waals surface area (Å²) in [5, 5.41) is 6.29. The number of amides is 1. The molecule has 23 heavy (non-hydrogen) atoms. The SMILES string of the molecule is Cc1nccc(CNC(CNC(=O)OC(C)(C)C)CC(C)C)n1. The van der Waals surface area contributed by atoms with E-state index in [1.54, 1.807) is 6.20 Å². The van der Waals surface area contributed by atoms with Crippen LogP contribution < -0.4 is 10.6 Å². The predicted octanol–water partition coefficient (Wildman–Crippen LogP) is 2.81. The molecule has 0 bridgehead atoms. The zero-order valence-corrected chi connectivity index (χ0v) is 15.1. The average Bonchev–Trinajstić information content (AvgIpc) is 2.39. The Kier molecular flexibility index (Phi) is 7.42. The van der Waals surface area contributed by atoms with Crippen molar-refractivity contribution in [3.05, 3.63) is 23.8 Å². The van der Waals surface area contributed by atoms with Crippen LogP contribution in [0.15, 0.2) is 12.3 Å². The number of alkyl carbamates (subject to hydrolysis) is 1. The highest BCUT2D eigenvalue weighted by molar-refractivity contribution is 5.67. The first-order valence-corrected chi connectivity index (χ1v) is 8.14. The Morgan fingerprint density at radius 1 is 1.35 bits per heavy atom.